The third-order valence-corrected chi connectivity index (χ3v) is 5.85. The lowest BCUT2D eigenvalue weighted by Crippen LogP contribution is -2.31. The predicted molar refractivity (Wildman–Crippen MR) is 117 cm³/mol. The number of aryl methyl sites for hydroxylation is 2. The van der Waals surface area contributed by atoms with Gasteiger partial charge in [-0.1, -0.05) is 46.3 Å². The van der Waals surface area contributed by atoms with E-state index in [1.54, 1.807) is 0 Å². The first kappa shape index (κ1) is 17.9. The topological polar surface area (TPSA) is 40.2 Å². The number of benzene rings is 2. The van der Waals surface area contributed by atoms with Gasteiger partial charge in [-0.15, -0.1) is 0 Å². The molecule has 0 amide bonds. The molecule has 3 heterocycles. The molecule has 0 fully saturated rings. The van der Waals surface area contributed by atoms with Gasteiger partial charge in [-0.05, 0) is 23.8 Å². The Morgan fingerprint density at radius 2 is 1.83 bits per heavy atom. The minimum absolute atomic E-state index is 0.263. The number of nitrogens with zero attached hydrogens (tertiary/aromatic N) is 3. The predicted octanol–water partition coefficient (Wildman–Crippen LogP) is 4.73. The summed E-state index contributed by atoms with van der Waals surface area (Å²) in [5.41, 5.74) is 5.20. The molecule has 1 aliphatic rings. The van der Waals surface area contributed by atoms with Crippen LogP contribution in [0.15, 0.2) is 59.2 Å². The molecule has 144 valence electrons. The van der Waals surface area contributed by atoms with Crippen LogP contribution in [0.1, 0.15) is 11.3 Å². The van der Waals surface area contributed by atoms with Crippen LogP contribution in [0.3, 0.4) is 0 Å². The normalized spacial score (nSPS) is 12.9. The first-order valence-corrected chi connectivity index (χ1v) is 10.1. The molecule has 0 bridgehead atoms. The van der Waals surface area contributed by atoms with Crippen molar-refractivity contribution >= 4 is 39.1 Å². The lowest BCUT2D eigenvalue weighted by Gasteiger charge is -2.02. The van der Waals surface area contributed by atoms with Gasteiger partial charge in [-0.25, -0.2) is 4.98 Å². The minimum Gasteiger partial charge on any atom is -0.454 e. The summed E-state index contributed by atoms with van der Waals surface area (Å²) in [6.07, 6.45) is 6.22. The standard InChI is InChI=1S/C23H19BrN3O2/c1-26-11-10-19-22(25-23(27(19)2)15-6-4-3-5-7-15)18(26)9-8-16-12-20-21(13-17(16)24)29-14-28-20/h3-13H,14H2,1-2H3/q+1. The van der Waals surface area contributed by atoms with Gasteiger partial charge in [0.15, 0.2) is 23.2 Å². The minimum atomic E-state index is 0.263. The molecule has 0 N–H and O–H groups in total. The molecule has 0 unspecified atom stereocenters. The Labute approximate surface area is 177 Å². The van der Waals surface area contributed by atoms with Gasteiger partial charge in [0.05, 0.1) is 5.52 Å². The maximum atomic E-state index is 5.51. The van der Waals surface area contributed by atoms with Gasteiger partial charge in [-0.3, -0.25) is 0 Å². The van der Waals surface area contributed by atoms with Crippen molar-refractivity contribution in [2.24, 2.45) is 14.1 Å². The van der Waals surface area contributed by atoms with E-state index in [-0.39, 0.29) is 6.79 Å². The highest BCUT2D eigenvalue weighted by Crippen LogP contribution is 2.37. The number of hydrogen-bond acceptors (Lipinski definition) is 3. The highest BCUT2D eigenvalue weighted by Gasteiger charge is 2.19. The second-order valence-electron chi connectivity index (χ2n) is 6.97. The first-order chi connectivity index (χ1) is 14.1. The van der Waals surface area contributed by atoms with Crippen molar-refractivity contribution in [1.29, 1.82) is 0 Å². The van der Waals surface area contributed by atoms with E-state index in [9.17, 15) is 0 Å². The van der Waals surface area contributed by atoms with Crippen LogP contribution >= 0.6 is 15.9 Å². The SMILES string of the molecule is Cn1c(-c2ccccc2)nc2c(C=Cc3cc4c(cc3Br)OCO4)[n+](C)ccc21. The zero-order valence-electron chi connectivity index (χ0n) is 16.1. The Hall–Kier alpha value is -3.12. The summed E-state index contributed by atoms with van der Waals surface area (Å²) >= 11 is 3.62. The van der Waals surface area contributed by atoms with E-state index in [4.69, 9.17) is 14.5 Å². The second kappa shape index (κ2) is 7.04. The van der Waals surface area contributed by atoms with E-state index in [2.05, 4.69) is 68.7 Å². The van der Waals surface area contributed by atoms with Crippen LogP contribution < -0.4 is 14.0 Å². The van der Waals surface area contributed by atoms with Gasteiger partial charge in [0.2, 0.25) is 12.5 Å². The molecule has 4 aromatic rings. The number of halogens is 1. The molecule has 0 saturated heterocycles. The van der Waals surface area contributed by atoms with Gasteiger partial charge < -0.3 is 14.0 Å². The van der Waals surface area contributed by atoms with E-state index in [1.165, 1.54) is 0 Å². The summed E-state index contributed by atoms with van der Waals surface area (Å²) in [5, 5.41) is 0. The maximum absolute atomic E-state index is 5.51. The molecule has 29 heavy (non-hydrogen) atoms. The van der Waals surface area contributed by atoms with Crippen LogP contribution in [-0.4, -0.2) is 16.3 Å². The second-order valence-corrected chi connectivity index (χ2v) is 7.82. The van der Waals surface area contributed by atoms with Gasteiger partial charge in [0, 0.05) is 29.2 Å². The lowest BCUT2D eigenvalue weighted by atomic mass is 10.1. The molecular weight excluding hydrogens is 430 g/mol. The van der Waals surface area contributed by atoms with Crippen LogP contribution in [0.4, 0.5) is 0 Å². The van der Waals surface area contributed by atoms with Crippen LogP contribution in [0.25, 0.3) is 34.6 Å². The van der Waals surface area contributed by atoms with Gasteiger partial charge in [-0.2, -0.15) is 4.57 Å². The third-order valence-electron chi connectivity index (χ3n) is 5.16. The zero-order chi connectivity index (χ0) is 20.0. The van der Waals surface area contributed by atoms with Crippen LogP contribution in [0.2, 0.25) is 0 Å². The molecule has 0 aliphatic carbocycles. The smallest absolute Gasteiger partial charge is 0.233 e. The Balaban J connectivity index is 1.62. The Kier molecular flexibility index (Phi) is 4.36. The summed E-state index contributed by atoms with van der Waals surface area (Å²) in [7, 11) is 4.09. The van der Waals surface area contributed by atoms with E-state index < -0.39 is 0 Å². The number of rotatable bonds is 3. The van der Waals surface area contributed by atoms with Crippen LogP contribution in [0.5, 0.6) is 11.5 Å². The molecule has 5 nitrogen and oxygen atoms in total. The number of imidazole rings is 1. The van der Waals surface area contributed by atoms with E-state index in [0.29, 0.717) is 0 Å². The van der Waals surface area contributed by atoms with E-state index in [0.717, 1.165) is 49.7 Å². The number of ether oxygens (including phenoxy) is 2. The molecule has 6 heteroatoms. The number of pyridine rings is 1. The molecule has 0 radical (unpaired) electrons. The van der Waals surface area contributed by atoms with Gasteiger partial charge in [0.25, 0.3) is 0 Å². The van der Waals surface area contributed by atoms with E-state index in [1.807, 2.05) is 37.4 Å². The molecule has 0 spiro atoms. The molecule has 2 aromatic carbocycles. The Bertz CT molecular complexity index is 1260. The van der Waals surface area contributed by atoms with Gasteiger partial charge >= 0.3 is 0 Å². The molecule has 1 aliphatic heterocycles. The van der Waals surface area contributed by atoms with Crippen molar-refractivity contribution in [2.75, 3.05) is 6.79 Å². The van der Waals surface area contributed by atoms with Crippen LogP contribution in [-0.2, 0) is 14.1 Å². The summed E-state index contributed by atoms with van der Waals surface area (Å²) in [4.78, 5) is 4.97. The van der Waals surface area contributed by atoms with E-state index >= 15 is 0 Å². The third kappa shape index (κ3) is 3.09. The molecule has 2 aromatic heterocycles. The van der Waals surface area contributed by atoms with Crippen molar-refractivity contribution in [3.05, 3.63) is 70.5 Å². The number of aromatic nitrogens is 3. The highest BCUT2D eigenvalue weighted by atomic mass is 79.9. The van der Waals surface area contributed by atoms with Crippen molar-refractivity contribution in [1.82, 2.24) is 9.55 Å². The summed E-state index contributed by atoms with van der Waals surface area (Å²) in [5.74, 6) is 2.48. The molecular formula is C23H19BrN3O2+. The first-order valence-electron chi connectivity index (χ1n) is 9.29. The van der Waals surface area contributed by atoms with Crippen molar-refractivity contribution in [3.8, 4) is 22.9 Å². The zero-order valence-corrected chi connectivity index (χ0v) is 17.7. The van der Waals surface area contributed by atoms with Crippen LogP contribution in [0, 0.1) is 0 Å². The Morgan fingerprint density at radius 1 is 1.07 bits per heavy atom. The van der Waals surface area contributed by atoms with Gasteiger partial charge in [0.1, 0.15) is 12.9 Å². The average molecular weight is 449 g/mol. The molecule has 0 saturated carbocycles. The fourth-order valence-corrected chi connectivity index (χ4v) is 4.05. The van der Waals surface area contributed by atoms with Crippen molar-refractivity contribution in [2.45, 2.75) is 0 Å². The maximum Gasteiger partial charge on any atom is 0.233 e. The summed E-state index contributed by atoms with van der Waals surface area (Å²) in [6, 6.07) is 16.3. The highest BCUT2D eigenvalue weighted by molar-refractivity contribution is 9.10. The fourth-order valence-electron chi connectivity index (χ4n) is 3.59. The van der Waals surface area contributed by atoms with Crippen molar-refractivity contribution < 1.29 is 14.0 Å². The quantitative estimate of drug-likeness (QED) is 0.425. The summed E-state index contributed by atoms with van der Waals surface area (Å²) in [6.45, 7) is 0.263. The monoisotopic (exact) mass is 448 g/mol. The number of hydrogen-bond donors (Lipinski definition) is 0. The Morgan fingerprint density at radius 3 is 2.62 bits per heavy atom. The fraction of sp³-hybridized carbons (Fsp3) is 0.130. The van der Waals surface area contributed by atoms with Crippen molar-refractivity contribution in [3.63, 3.8) is 0 Å². The lowest BCUT2D eigenvalue weighted by molar-refractivity contribution is -0.671. The summed E-state index contributed by atoms with van der Waals surface area (Å²) < 4.78 is 16.1. The average Bonchev–Trinajstić information content (AvgIpc) is 3.31. The largest absolute Gasteiger partial charge is 0.454 e. The molecule has 5 rings (SSSR count). The molecule has 0 atom stereocenters. The number of fused-ring (bicyclic) bond motifs is 2.